The van der Waals surface area contributed by atoms with Crippen molar-refractivity contribution in [1.29, 1.82) is 0 Å². The zero-order valence-corrected chi connectivity index (χ0v) is 18.0. The van der Waals surface area contributed by atoms with Gasteiger partial charge in [0, 0.05) is 12.8 Å². The highest BCUT2D eigenvalue weighted by Gasteiger charge is 2.88. The summed E-state index contributed by atoms with van der Waals surface area (Å²) in [6, 6.07) is -5.90. The van der Waals surface area contributed by atoms with Crippen LogP contribution in [0.4, 0.5) is 57.1 Å². The molecular formula is C16H23BrF13N. The molecule has 0 bridgehead atoms. The van der Waals surface area contributed by atoms with Crippen molar-refractivity contribution in [3.63, 3.8) is 0 Å². The molecule has 1 nitrogen and oxygen atoms in total. The molecule has 0 saturated carbocycles. The van der Waals surface area contributed by atoms with E-state index >= 15 is 0 Å². The summed E-state index contributed by atoms with van der Waals surface area (Å²) in [5.74, 6) is -27.8. The maximum Gasteiger partial charge on any atom is 0.460 e. The summed E-state index contributed by atoms with van der Waals surface area (Å²) in [4.78, 5) is -1.51. The lowest BCUT2D eigenvalue weighted by Crippen LogP contribution is -3.21. The fraction of sp³-hybridized carbons (Fsp3) is 1.00. The first kappa shape index (κ1) is 32.7. The Morgan fingerprint density at radius 3 is 1.26 bits per heavy atom. The van der Waals surface area contributed by atoms with Crippen molar-refractivity contribution < 1.29 is 79.0 Å². The van der Waals surface area contributed by atoms with E-state index in [1.807, 2.05) is 0 Å². The maximum absolute atomic E-state index is 14.3. The van der Waals surface area contributed by atoms with Gasteiger partial charge in [-0.3, -0.25) is 4.90 Å². The number of halogens is 14. The van der Waals surface area contributed by atoms with Crippen LogP contribution in [0.3, 0.4) is 0 Å². The summed E-state index contributed by atoms with van der Waals surface area (Å²) in [5.41, 5.74) is 0. The normalized spacial score (nSPS) is 14.7. The van der Waals surface area contributed by atoms with E-state index in [1.165, 1.54) is 13.8 Å². The summed E-state index contributed by atoms with van der Waals surface area (Å²) >= 11 is 0. The second-order valence-corrected chi connectivity index (χ2v) is 6.93. The predicted molar refractivity (Wildman–Crippen MR) is 80.5 cm³/mol. The summed E-state index contributed by atoms with van der Waals surface area (Å²) in [6.07, 6.45) is -11.3. The molecule has 0 aromatic rings. The molecule has 0 fully saturated rings. The van der Waals surface area contributed by atoms with E-state index in [1.54, 1.807) is 0 Å². The predicted octanol–water partition coefficient (Wildman–Crippen LogP) is 2.95. The molecule has 0 aliphatic carbocycles. The molecule has 0 aromatic heterocycles. The Labute approximate surface area is 181 Å². The van der Waals surface area contributed by atoms with Crippen molar-refractivity contribution in [3.05, 3.63) is 0 Å². The molecule has 0 amide bonds. The van der Waals surface area contributed by atoms with Crippen molar-refractivity contribution >= 4 is 0 Å². The number of hydrogen-bond donors (Lipinski definition) is 1. The Balaban J connectivity index is 0. The van der Waals surface area contributed by atoms with E-state index in [2.05, 4.69) is 0 Å². The summed E-state index contributed by atoms with van der Waals surface area (Å²) in [6.45, 7) is 1.20. The van der Waals surface area contributed by atoms with Crippen LogP contribution in [-0.2, 0) is 0 Å². The fourth-order valence-corrected chi connectivity index (χ4v) is 2.52. The van der Waals surface area contributed by atoms with Crippen LogP contribution in [-0.4, -0.2) is 49.0 Å². The van der Waals surface area contributed by atoms with E-state index in [4.69, 9.17) is 0 Å². The Morgan fingerprint density at radius 2 is 0.935 bits per heavy atom. The average molecular weight is 556 g/mol. The molecule has 15 heteroatoms. The molecule has 190 valence electrons. The van der Waals surface area contributed by atoms with Crippen molar-refractivity contribution in [2.75, 3.05) is 13.1 Å². The third-order valence-electron chi connectivity index (χ3n) is 4.47. The first-order valence-corrected chi connectivity index (χ1v) is 9.04. The Kier molecular flexibility index (Phi) is 11.7. The second kappa shape index (κ2) is 11.1. The molecule has 0 unspecified atom stereocenters. The number of quaternary nitrogens is 1. The Bertz CT molecular complexity index is 526. The van der Waals surface area contributed by atoms with Crippen LogP contribution < -0.4 is 21.9 Å². The lowest BCUT2D eigenvalue weighted by atomic mass is 9.93. The Hall–Kier alpha value is -0.470. The van der Waals surface area contributed by atoms with E-state index in [0.29, 0.717) is 0 Å². The maximum atomic E-state index is 14.3. The largest absolute Gasteiger partial charge is 1.00 e. The van der Waals surface area contributed by atoms with E-state index in [0.717, 1.165) is 0 Å². The van der Waals surface area contributed by atoms with Gasteiger partial charge in [-0.15, -0.1) is 8.78 Å². The highest BCUT2D eigenvalue weighted by Crippen LogP contribution is 2.57. The van der Waals surface area contributed by atoms with Crippen LogP contribution >= 0.6 is 0 Å². The van der Waals surface area contributed by atoms with E-state index in [-0.39, 0.29) is 42.7 Å². The molecule has 0 saturated heterocycles. The number of nitrogens with one attached hydrogen (secondary N) is 1. The highest BCUT2D eigenvalue weighted by molar-refractivity contribution is 5.06. The lowest BCUT2D eigenvalue weighted by molar-refractivity contribution is -1.00. The van der Waals surface area contributed by atoms with Crippen molar-refractivity contribution in [2.24, 2.45) is 0 Å². The third-order valence-corrected chi connectivity index (χ3v) is 4.47. The summed E-state index contributed by atoms with van der Waals surface area (Å²) in [7, 11) is 0. The highest BCUT2D eigenvalue weighted by atomic mass is 79.9. The average Bonchev–Trinajstić information content (AvgIpc) is 2.58. The fourth-order valence-electron chi connectivity index (χ4n) is 2.52. The SMILES string of the molecule is CCCC[NH+](CCCC)C(F)(F)C(F)(F)C(F)(F)C(F)(F)C(F)(F)CCC(F)(F)F.[Br-]. The van der Waals surface area contributed by atoms with E-state index < -0.39 is 66.7 Å². The zero-order valence-electron chi connectivity index (χ0n) is 16.4. The first-order chi connectivity index (χ1) is 13.2. The van der Waals surface area contributed by atoms with Crippen LogP contribution in [0.25, 0.3) is 0 Å². The number of hydrogen-bond acceptors (Lipinski definition) is 0. The standard InChI is InChI=1S/C16H22F13N.BrH/c1-3-5-9-30(10-6-4-2)16(28,29)15(26,27)14(24,25)13(22,23)11(17,18)7-8-12(19,20)21;/h3-10H2,1-2H3;1H. The second-order valence-electron chi connectivity index (χ2n) is 6.93. The quantitative estimate of drug-likeness (QED) is 0.263. The first-order valence-electron chi connectivity index (χ1n) is 9.04. The van der Waals surface area contributed by atoms with Gasteiger partial charge in [0.05, 0.1) is 13.1 Å². The molecule has 0 spiro atoms. The van der Waals surface area contributed by atoms with Gasteiger partial charge in [0.25, 0.3) is 0 Å². The van der Waals surface area contributed by atoms with Gasteiger partial charge in [-0.1, -0.05) is 26.7 Å². The smallest absolute Gasteiger partial charge is 0.460 e. The van der Waals surface area contributed by atoms with Crippen LogP contribution in [0.15, 0.2) is 0 Å². The van der Waals surface area contributed by atoms with Gasteiger partial charge in [0.15, 0.2) is 0 Å². The van der Waals surface area contributed by atoms with Crippen molar-refractivity contribution in [2.45, 2.75) is 88.3 Å². The zero-order chi connectivity index (χ0) is 24.2. The van der Waals surface area contributed by atoms with Gasteiger partial charge < -0.3 is 17.0 Å². The molecule has 0 aliphatic heterocycles. The molecule has 31 heavy (non-hydrogen) atoms. The molecule has 0 rings (SSSR count). The van der Waals surface area contributed by atoms with Crippen LogP contribution in [0, 0.1) is 0 Å². The number of unbranched alkanes of at least 4 members (excludes halogenated alkanes) is 2. The van der Waals surface area contributed by atoms with Gasteiger partial charge in [0.2, 0.25) is 0 Å². The minimum absolute atomic E-state index is 0. The van der Waals surface area contributed by atoms with E-state index in [9.17, 15) is 57.1 Å². The molecule has 1 N–H and O–H groups in total. The van der Waals surface area contributed by atoms with Crippen LogP contribution in [0.2, 0.25) is 0 Å². The number of rotatable bonds is 13. The van der Waals surface area contributed by atoms with Crippen molar-refractivity contribution in [3.8, 4) is 0 Å². The topological polar surface area (TPSA) is 4.44 Å². The minimum atomic E-state index is -7.34. The molecular weight excluding hydrogens is 533 g/mol. The minimum Gasteiger partial charge on any atom is -1.00 e. The summed E-state index contributed by atoms with van der Waals surface area (Å²) in [5, 5.41) is 0. The molecule has 0 aromatic carbocycles. The third kappa shape index (κ3) is 7.00. The van der Waals surface area contributed by atoms with Crippen LogP contribution in [0.1, 0.15) is 52.4 Å². The summed E-state index contributed by atoms with van der Waals surface area (Å²) < 4.78 is 174. The van der Waals surface area contributed by atoms with Crippen molar-refractivity contribution in [1.82, 2.24) is 0 Å². The molecule has 0 radical (unpaired) electrons. The van der Waals surface area contributed by atoms with Gasteiger partial charge in [-0.25, -0.2) is 0 Å². The van der Waals surface area contributed by atoms with Gasteiger partial charge in [0.1, 0.15) is 0 Å². The Morgan fingerprint density at radius 1 is 0.548 bits per heavy atom. The molecule has 0 heterocycles. The van der Waals surface area contributed by atoms with Gasteiger partial charge >= 0.3 is 35.9 Å². The van der Waals surface area contributed by atoms with Gasteiger partial charge in [-0.05, 0) is 12.8 Å². The monoisotopic (exact) mass is 555 g/mol. The van der Waals surface area contributed by atoms with Crippen LogP contribution in [0.5, 0.6) is 0 Å². The molecule has 0 atom stereocenters. The lowest BCUT2D eigenvalue weighted by Gasteiger charge is -2.40. The molecule has 0 aliphatic rings. The number of alkyl halides is 13. The van der Waals surface area contributed by atoms with Gasteiger partial charge in [-0.2, -0.15) is 48.3 Å².